The molecule has 0 radical (unpaired) electrons. The zero-order valence-electron chi connectivity index (χ0n) is 32.8. The van der Waals surface area contributed by atoms with Crippen molar-refractivity contribution in [2.75, 3.05) is 69.6 Å². The molecule has 8 rings (SSSR count). The second-order valence-corrected chi connectivity index (χ2v) is 16.0. The first-order valence-corrected chi connectivity index (χ1v) is 20.4. The number of amides is 7. The number of imide groups is 2. The lowest BCUT2D eigenvalue weighted by molar-refractivity contribution is -0.136. The average molecular weight is 791 g/mol. The Morgan fingerprint density at radius 2 is 1.72 bits per heavy atom. The molecule has 16 nitrogen and oxygen atoms in total. The lowest BCUT2D eigenvalue weighted by atomic mass is 9.88. The molecule has 2 aromatic carbocycles. The first-order valence-electron chi connectivity index (χ1n) is 20.4. The highest BCUT2D eigenvalue weighted by Gasteiger charge is 2.45. The lowest BCUT2D eigenvalue weighted by Crippen LogP contribution is -2.54. The van der Waals surface area contributed by atoms with E-state index < -0.39 is 35.6 Å². The molecule has 0 saturated carbocycles. The minimum atomic E-state index is -0.995. The molecule has 0 aliphatic carbocycles. The van der Waals surface area contributed by atoms with Crippen molar-refractivity contribution in [1.82, 2.24) is 34.9 Å². The summed E-state index contributed by atoms with van der Waals surface area (Å²) < 4.78 is 0. The molecule has 304 valence electrons. The second-order valence-electron chi connectivity index (χ2n) is 16.0. The van der Waals surface area contributed by atoms with Gasteiger partial charge in [-0.3, -0.25) is 34.2 Å². The Morgan fingerprint density at radius 1 is 0.931 bits per heavy atom. The summed E-state index contributed by atoms with van der Waals surface area (Å²) in [6.07, 6.45) is 7.02. The number of aromatic nitrogens is 2. The largest absolute Gasteiger partial charge is 0.384 e. The number of rotatable bonds is 12. The van der Waals surface area contributed by atoms with E-state index in [1.54, 1.807) is 29.3 Å². The molecular formula is C42H50N10O6. The van der Waals surface area contributed by atoms with Gasteiger partial charge in [-0.25, -0.2) is 14.8 Å². The minimum absolute atomic E-state index is 0.0675. The van der Waals surface area contributed by atoms with Crippen LogP contribution >= 0.6 is 0 Å². The van der Waals surface area contributed by atoms with Crippen LogP contribution in [-0.2, 0) is 16.0 Å². The molecule has 6 heterocycles. The Bertz CT molecular complexity index is 2120. The van der Waals surface area contributed by atoms with Crippen molar-refractivity contribution in [2.45, 2.75) is 69.4 Å². The molecule has 3 aromatic rings. The monoisotopic (exact) mass is 790 g/mol. The van der Waals surface area contributed by atoms with Crippen LogP contribution in [0.25, 0.3) is 0 Å². The summed E-state index contributed by atoms with van der Waals surface area (Å²) in [6, 6.07) is 12.8. The Morgan fingerprint density at radius 3 is 2.45 bits per heavy atom. The number of carbonyl (C=O) groups is 6. The standard InChI is InChI=1S/C42H50N10O6/c1-48-21-22-51(42(48)58)29-5-3-18-50(25-29)34-24-45-37(38(43)54)32(46-34)23-26-8-10-27(11-9-26)28-14-19-49(20-15-28)17-4-16-44-31-7-2-6-30-36(31)41(57)52(40(30)56)33-12-13-35(53)47-39(33)55/h2,6-11,24,28-29,33,44H,3-5,12-23,25H2,1H3,(H2,43,54)(H,47,53,55)/t29-,33?/m1/s1. The van der Waals surface area contributed by atoms with Gasteiger partial charge in [-0.1, -0.05) is 30.3 Å². The van der Waals surface area contributed by atoms with Crippen molar-refractivity contribution in [3.05, 3.63) is 82.3 Å². The van der Waals surface area contributed by atoms with E-state index in [0.717, 1.165) is 81.8 Å². The van der Waals surface area contributed by atoms with E-state index in [1.165, 1.54) is 5.56 Å². The predicted molar refractivity (Wildman–Crippen MR) is 214 cm³/mol. The molecule has 1 unspecified atom stereocenters. The molecule has 7 amide bonds. The van der Waals surface area contributed by atoms with E-state index in [2.05, 4.69) is 49.7 Å². The number of anilines is 2. The van der Waals surface area contributed by atoms with E-state index in [9.17, 15) is 28.8 Å². The lowest BCUT2D eigenvalue weighted by Gasteiger charge is -2.37. The molecule has 16 heteroatoms. The molecule has 58 heavy (non-hydrogen) atoms. The third kappa shape index (κ3) is 7.84. The van der Waals surface area contributed by atoms with Gasteiger partial charge in [-0.15, -0.1) is 0 Å². The Balaban J connectivity index is 0.819. The number of likely N-dealkylation sites (tertiary alicyclic amines) is 1. The molecule has 4 N–H and O–H groups in total. The molecular weight excluding hydrogens is 741 g/mol. The third-order valence-corrected chi connectivity index (χ3v) is 12.3. The maximum atomic E-state index is 13.4. The number of fused-ring (bicyclic) bond motifs is 1. The third-order valence-electron chi connectivity index (χ3n) is 12.3. The van der Waals surface area contributed by atoms with Crippen LogP contribution in [0.4, 0.5) is 16.3 Å². The van der Waals surface area contributed by atoms with Gasteiger partial charge in [-0.2, -0.15) is 0 Å². The SMILES string of the molecule is CN1CCN([C@@H]2CCCN(c3cnc(C(N)=O)c(Cc4ccc(C5CCN(CCCNc6cccc7c6C(=O)N(C6CCC(=O)NC6=O)C7=O)CC5)cc4)n3)C2)C1=O. The van der Waals surface area contributed by atoms with Crippen molar-refractivity contribution in [3.63, 3.8) is 0 Å². The van der Waals surface area contributed by atoms with Gasteiger partial charge in [0.05, 0.1) is 29.1 Å². The summed E-state index contributed by atoms with van der Waals surface area (Å²) in [6.45, 7) is 6.35. The topological polar surface area (TPSA) is 194 Å². The van der Waals surface area contributed by atoms with Crippen molar-refractivity contribution in [2.24, 2.45) is 5.73 Å². The number of benzene rings is 2. The van der Waals surface area contributed by atoms with Gasteiger partial charge in [0.1, 0.15) is 17.6 Å². The second kappa shape index (κ2) is 16.5. The van der Waals surface area contributed by atoms with Crippen molar-refractivity contribution >= 4 is 47.1 Å². The van der Waals surface area contributed by atoms with Crippen LogP contribution < -0.4 is 21.3 Å². The number of nitrogens with one attached hydrogen (secondary N) is 2. The van der Waals surface area contributed by atoms with Gasteiger partial charge >= 0.3 is 6.03 Å². The normalized spacial score (nSPS) is 21.8. The first kappa shape index (κ1) is 38.9. The van der Waals surface area contributed by atoms with Gasteiger partial charge < -0.3 is 30.7 Å². The molecule has 2 atom stereocenters. The van der Waals surface area contributed by atoms with E-state index in [0.29, 0.717) is 42.6 Å². The number of hydrogen-bond donors (Lipinski definition) is 3. The van der Waals surface area contributed by atoms with Crippen molar-refractivity contribution in [1.29, 1.82) is 0 Å². The van der Waals surface area contributed by atoms with Gasteiger partial charge in [0.15, 0.2) is 0 Å². The van der Waals surface area contributed by atoms with Crippen LogP contribution in [0.15, 0.2) is 48.7 Å². The fraction of sp³-hybridized carbons (Fsp3) is 0.476. The van der Waals surface area contributed by atoms with Gasteiger partial charge in [0.2, 0.25) is 11.8 Å². The summed E-state index contributed by atoms with van der Waals surface area (Å²) in [7, 11) is 1.83. The van der Waals surface area contributed by atoms with Crippen LogP contribution in [0.3, 0.4) is 0 Å². The number of hydrogen-bond acceptors (Lipinski definition) is 11. The maximum Gasteiger partial charge on any atom is 0.320 e. The number of urea groups is 1. The molecule has 5 aliphatic rings. The summed E-state index contributed by atoms with van der Waals surface area (Å²) in [5, 5.41) is 5.58. The average Bonchev–Trinajstić information content (AvgIpc) is 3.70. The fourth-order valence-corrected chi connectivity index (χ4v) is 9.10. The first-order chi connectivity index (χ1) is 28.0. The molecule has 0 spiro atoms. The molecule has 1 aromatic heterocycles. The highest BCUT2D eigenvalue weighted by atomic mass is 16.2. The smallest absolute Gasteiger partial charge is 0.320 e. The van der Waals surface area contributed by atoms with Crippen molar-refractivity contribution < 1.29 is 28.8 Å². The number of carbonyl (C=O) groups excluding carboxylic acids is 6. The Kier molecular flexibility index (Phi) is 11.1. The van der Waals surface area contributed by atoms with E-state index in [-0.39, 0.29) is 41.7 Å². The number of likely N-dealkylation sites (N-methyl/N-ethyl adjacent to an activating group) is 1. The highest BCUT2D eigenvalue weighted by Crippen LogP contribution is 2.33. The predicted octanol–water partition coefficient (Wildman–Crippen LogP) is 2.59. The number of nitrogens with two attached hydrogens (primary N) is 1. The number of piperidine rings is 3. The zero-order valence-corrected chi connectivity index (χ0v) is 32.8. The van der Waals surface area contributed by atoms with E-state index in [1.807, 2.05) is 11.9 Å². The summed E-state index contributed by atoms with van der Waals surface area (Å²) in [5.74, 6) is -1.53. The van der Waals surface area contributed by atoms with Crippen molar-refractivity contribution in [3.8, 4) is 0 Å². The molecule has 5 aliphatic heterocycles. The van der Waals surface area contributed by atoms with E-state index >= 15 is 0 Å². The van der Waals surface area contributed by atoms with Gasteiger partial charge in [0.25, 0.3) is 17.7 Å². The minimum Gasteiger partial charge on any atom is -0.384 e. The van der Waals surface area contributed by atoms with Crippen LogP contribution in [0.2, 0.25) is 0 Å². The Labute approximate surface area is 337 Å². The molecule has 4 saturated heterocycles. The van der Waals surface area contributed by atoms with Crippen LogP contribution in [0.1, 0.15) is 98.9 Å². The van der Waals surface area contributed by atoms with Crippen LogP contribution in [-0.4, -0.2) is 137 Å². The number of nitrogens with zero attached hydrogens (tertiary/aromatic N) is 7. The summed E-state index contributed by atoms with van der Waals surface area (Å²) in [4.78, 5) is 94.4. The van der Waals surface area contributed by atoms with Crippen LogP contribution in [0, 0.1) is 0 Å². The maximum absolute atomic E-state index is 13.4. The summed E-state index contributed by atoms with van der Waals surface area (Å²) >= 11 is 0. The van der Waals surface area contributed by atoms with Gasteiger partial charge in [-0.05, 0) is 87.3 Å². The quantitative estimate of drug-likeness (QED) is 0.180. The van der Waals surface area contributed by atoms with E-state index in [4.69, 9.17) is 10.7 Å². The zero-order chi connectivity index (χ0) is 40.5. The summed E-state index contributed by atoms with van der Waals surface area (Å²) in [5.41, 5.74) is 9.86. The van der Waals surface area contributed by atoms with Gasteiger partial charge in [0, 0.05) is 58.3 Å². The molecule has 4 fully saturated rings. The molecule has 0 bridgehead atoms. The Hall–Kier alpha value is -5.90. The highest BCUT2D eigenvalue weighted by molar-refractivity contribution is 6.25. The number of primary amides is 1. The fourth-order valence-electron chi connectivity index (χ4n) is 9.10. The van der Waals surface area contributed by atoms with Crippen LogP contribution in [0.5, 0.6) is 0 Å².